The molecule has 0 saturated heterocycles. The van der Waals surface area contributed by atoms with Crippen molar-refractivity contribution in [2.45, 2.75) is 6.18 Å². The van der Waals surface area contributed by atoms with Crippen LogP contribution in [0.3, 0.4) is 0 Å². The molecule has 7 nitrogen and oxygen atoms in total. The van der Waals surface area contributed by atoms with Gasteiger partial charge in [-0.3, -0.25) is 4.79 Å². The first-order valence-electron chi connectivity index (χ1n) is 8.66. The number of hydrogen-bond donors (Lipinski definition) is 2. The largest absolute Gasteiger partial charge is 0.433 e. The number of benzene rings is 1. The molecule has 0 fully saturated rings. The lowest BCUT2D eigenvalue weighted by atomic mass is 10.2. The van der Waals surface area contributed by atoms with Crippen LogP contribution in [0.15, 0.2) is 42.6 Å². The molecule has 0 aliphatic heterocycles. The van der Waals surface area contributed by atoms with Crippen molar-refractivity contribution in [1.82, 2.24) is 15.0 Å². The van der Waals surface area contributed by atoms with E-state index in [9.17, 15) is 18.0 Å². The summed E-state index contributed by atoms with van der Waals surface area (Å²) in [5.41, 5.74) is -0.693. The first-order chi connectivity index (χ1) is 14.5. The molecule has 1 aromatic carbocycles. The number of carbonyl (C=O) groups is 1. The van der Waals surface area contributed by atoms with E-state index in [1.54, 1.807) is 6.07 Å². The molecule has 0 aliphatic carbocycles. The third kappa shape index (κ3) is 5.53. The quantitative estimate of drug-likeness (QED) is 0.529. The predicted octanol–water partition coefficient (Wildman–Crippen LogP) is 5.26. The minimum atomic E-state index is -4.65. The van der Waals surface area contributed by atoms with Crippen molar-refractivity contribution in [3.63, 3.8) is 0 Å². The Morgan fingerprint density at radius 1 is 1.03 bits per heavy atom. The standard InChI is InChI=1S/C19H15Cl2F3N6O/c1-30(2)18-27-13(19(22,23)24)9-15(29-18)28-14-8-10(6-7-25-14)26-17(31)16-11(20)4-3-5-12(16)21/h3-9H,1-2H3,(H2,25,26,27,28,29,31). The molecule has 0 spiro atoms. The van der Waals surface area contributed by atoms with E-state index in [0.717, 1.165) is 6.07 Å². The van der Waals surface area contributed by atoms with Crippen LogP contribution >= 0.6 is 23.2 Å². The second kappa shape index (κ2) is 8.94. The van der Waals surface area contributed by atoms with E-state index in [1.807, 2.05) is 0 Å². The van der Waals surface area contributed by atoms with Crippen LogP contribution in [0.4, 0.5) is 36.4 Å². The highest BCUT2D eigenvalue weighted by atomic mass is 35.5. The maximum absolute atomic E-state index is 13.2. The summed E-state index contributed by atoms with van der Waals surface area (Å²) in [6, 6.07) is 8.35. The Balaban J connectivity index is 1.86. The predicted molar refractivity (Wildman–Crippen MR) is 113 cm³/mol. The molecule has 0 unspecified atom stereocenters. The molecule has 0 aliphatic rings. The fourth-order valence-electron chi connectivity index (χ4n) is 2.46. The SMILES string of the molecule is CN(C)c1nc(Nc2cc(NC(=O)c3c(Cl)cccc3Cl)ccn2)cc(C(F)(F)F)n1. The number of pyridine rings is 1. The van der Waals surface area contributed by atoms with Crippen LogP contribution in [-0.4, -0.2) is 35.0 Å². The number of aromatic nitrogens is 3. The Kier molecular flexibility index (Phi) is 6.51. The highest BCUT2D eigenvalue weighted by molar-refractivity contribution is 6.40. The number of alkyl halides is 3. The van der Waals surface area contributed by atoms with Gasteiger partial charge in [-0.15, -0.1) is 0 Å². The third-order valence-electron chi connectivity index (χ3n) is 3.87. The lowest BCUT2D eigenvalue weighted by molar-refractivity contribution is -0.141. The van der Waals surface area contributed by atoms with Gasteiger partial charge in [0.05, 0.1) is 15.6 Å². The van der Waals surface area contributed by atoms with Crippen molar-refractivity contribution in [3.8, 4) is 0 Å². The van der Waals surface area contributed by atoms with E-state index in [-0.39, 0.29) is 33.2 Å². The van der Waals surface area contributed by atoms with Gasteiger partial charge in [0.2, 0.25) is 5.95 Å². The minimum absolute atomic E-state index is 0.0957. The van der Waals surface area contributed by atoms with Crippen LogP contribution in [0.1, 0.15) is 16.1 Å². The topological polar surface area (TPSA) is 83.0 Å². The monoisotopic (exact) mass is 470 g/mol. The molecule has 0 saturated carbocycles. The number of nitrogens with one attached hydrogen (secondary N) is 2. The molecule has 0 radical (unpaired) electrons. The van der Waals surface area contributed by atoms with Crippen LogP contribution < -0.4 is 15.5 Å². The van der Waals surface area contributed by atoms with Crippen LogP contribution in [0.5, 0.6) is 0 Å². The van der Waals surface area contributed by atoms with Gasteiger partial charge < -0.3 is 15.5 Å². The Labute approximate surface area is 185 Å². The maximum Gasteiger partial charge on any atom is 0.433 e. The highest BCUT2D eigenvalue weighted by Crippen LogP contribution is 2.31. The number of carbonyl (C=O) groups excluding carboxylic acids is 1. The van der Waals surface area contributed by atoms with E-state index in [2.05, 4.69) is 25.6 Å². The molecule has 2 N–H and O–H groups in total. The number of hydrogen-bond acceptors (Lipinski definition) is 6. The van der Waals surface area contributed by atoms with E-state index in [4.69, 9.17) is 23.2 Å². The van der Waals surface area contributed by atoms with Crippen LogP contribution in [-0.2, 0) is 6.18 Å². The van der Waals surface area contributed by atoms with Crippen molar-refractivity contribution < 1.29 is 18.0 Å². The van der Waals surface area contributed by atoms with Gasteiger partial charge in [0.1, 0.15) is 11.6 Å². The molecular formula is C19H15Cl2F3N6O. The molecule has 1 amide bonds. The first kappa shape index (κ1) is 22.6. The van der Waals surface area contributed by atoms with Gasteiger partial charge in [-0.1, -0.05) is 29.3 Å². The van der Waals surface area contributed by atoms with E-state index in [1.165, 1.54) is 49.5 Å². The van der Waals surface area contributed by atoms with Gasteiger partial charge in [-0.25, -0.2) is 9.97 Å². The number of amides is 1. The summed E-state index contributed by atoms with van der Waals surface area (Å²) in [7, 11) is 3.04. The first-order valence-corrected chi connectivity index (χ1v) is 9.42. The van der Waals surface area contributed by atoms with Gasteiger partial charge >= 0.3 is 6.18 Å². The van der Waals surface area contributed by atoms with Gasteiger partial charge in [0.15, 0.2) is 5.69 Å². The lowest BCUT2D eigenvalue weighted by Crippen LogP contribution is -2.18. The molecule has 2 aromatic heterocycles. The molecular weight excluding hydrogens is 456 g/mol. The van der Waals surface area contributed by atoms with Gasteiger partial charge in [-0.2, -0.15) is 18.2 Å². The fraction of sp³-hybridized carbons (Fsp3) is 0.158. The van der Waals surface area contributed by atoms with Crippen molar-refractivity contribution >= 4 is 52.4 Å². The van der Waals surface area contributed by atoms with Gasteiger partial charge in [-0.05, 0) is 18.2 Å². The average Bonchev–Trinajstić information content (AvgIpc) is 2.67. The zero-order valence-corrected chi connectivity index (χ0v) is 17.6. The number of nitrogens with zero attached hydrogens (tertiary/aromatic N) is 4. The summed E-state index contributed by atoms with van der Waals surface area (Å²) in [4.78, 5) is 25.5. The number of anilines is 4. The van der Waals surface area contributed by atoms with E-state index < -0.39 is 17.8 Å². The van der Waals surface area contributed by atoms with Gasteiger partial charge in [0.25, 0.3) is 5.91 Å². The molecule has 0 bridgehead atoms. The zero-order valence-electron chi connectivity index (χ0n) is 16.1. The second-order valence-electron chi connectivity index (χ2n) is 6.44. The Morgan fingerprint density at radius 2 is 1.71 bits per heavy atom. The van der Waals surface area contributed by atoms with Crippen molar-refractivity contribution in [2.24, 2.45) is 0 Å². The average molecular weight is 471 g/mol. The highest BCUT2D eigenvalue weighted by Gasteiger charge is 2.34. The van der Waals surface area contributed by atoms with Crippen LogP contribution in [0.25, 0.3) is 0 Å². The Hall–Kier alpha value is -3.11. The minimum Gasteiger partial charge on any atom is -0.347 e. The molecule has 12 heteroatoms. The Bertz CT molecular complexity index is 1100. The summed E-state index contributed by atoms with van der Waals surface area (Å²) in [5.74, 6) is -0.644. The summed E-state index contributed by atoms with van der Waals surface area (Å²) in [6.45, 7) is 0. The summed E-state index contributed by atoms with van der Waals surface area (Å²) in [5, 5.41) is 5.67. The normalized spacial score (nSPS) is 11.2. The number of rotatable bonds is 5. The zero-order chi connectivity index (χ0) is 22.8. The van der Waals surface area contributed by atoms with Crippen LogP contribution in [0, 0.1) is 0 Å². The van der Waals surface area contributed by atoms with E-state index >= 15 is 0 Å². The fourth-order valence-corrected chi connectivity index (χ4v) is 3.03. The van der Waals surface area contributed by atoms with E-state index in [0.29, 0.717) is 5.69 Å². The molecule has 162 valence electrons. The van der Waals surface area contributed by atoms with Gasteiger partial charge in [0, 0.05) is 38.1 Å². The maximum atomic E-state index is 13.2. The number of halogens is 5. The smallest absolute Gasteiger partial charge is 0.347 e. The second-order valence-corrected chi connectivity index (χ2v) is 7.25. The van der Waals surface area contributed by atoms with Crippen molar-refractivity contribution in [3.05, 3.63) is 63.9 Å². The van der Waals surface area contributed by atoms with Crippen LogP contribution in [0.2, 0.25) is 10.0 Å². The molecule has 0 atom stereocenters. The van der Waals surface area contributed by atoms with Crippen molar-refractivity contribution in [2.75, 3.05) is 29.6 Å². The van der Waals surface area contributed by atoms with Crippen molar-refractivity contribution in [1.29, 1.82) is 0 Å². The molecule has 3 rings (SSSR count). The third-order valence-corrected chi connectivity index (χ3v) is 4.50. The molecule has 31 heavy (non-hydrogen) atoms. The summed E-state index contributed by atoms with van der Waals surface area (Å²) >= 11 is 12.1. The Morgan fingerprint density at radius 3 is 2.32 bits per heavy atom. The lowest BCUT2D eigenvalue weighted by Gasteiger charge is -2.15. The molecule has 3 aromatic rings. The summed E-state index contributed by atoms with van der Waals surface area (Å²) in [6.07, 6.45) is -3.29. The summed E-state index contributed by atoms with van der Waals surface area (Å²) < 4.78 is 39.5. The molecule has 2 heterocycles.